The first-order valence-corrected chi connectivity index (χ1v) is 8.60. The van der Waals surface area contributed by atoms with Crippen LogP contribution >= 0.6 is 0 Å². The molecule has 0 heterocycles. The smallest absolute Gasteiger partial charge is 0.332 e. The monoisotopic (exact) mass is 338 g/mol. The summed E-state index contributed by atoms with van der Waals surface area (Å²) in [7, 11) is 0. The number of anilines is 1. The van der Waals surface area contributed by atoms with Crippen molar-refractivity contribution < 1.29 is 18.0 Å². The van der Waals surface area contributed by atoms with Gasteiger partial charge in [0.15, 0.2) is 0 Å². The Balaban J connectivity index is 1.46. The molecular weight excluding hydrogens is 317 g/mol. The van der Waals surface area contributed by atoms with Gasteiger partial charge < -0.3 is 10.6 Å². The molecule has 130 valence electrons. The van der Waals surface area contributed by atoms with Crippen LogP contribution in [0, 0.1) is 17.8 Å². The van der Waals surface area contributed by atoms with E-state index in [0.717, 1.165) is 37.3 Å². The lowest BCUT2D eigenvalue weighted by atomic mass is 9.69. The second-order valence-corrected chi connectivity index (χ2v) is 7.69. The Morgan fingerprint density at radius 3 is 2.75 bits per heavy atom. The summed E-state index contributed by atoms with van der Waals surface area (Å²) >= 11 is 0. The lowest BCUT2D eigenvalue weighted by molar-refractivity contribution is -0.137. The van der Waals surface area contributed by atoms with E-state index in [4.69, 9.17) is 0 Å². The summed E-state index contributed by atoms with van der Waals surface area (Å²) in [6.07, 6.45) is 2.39. The van der Waals surface area contributed by atoms with Gasteiger partial charge >= 0.3 is 12.2 Å². The predicted molar refractivity (Wildman–Crippen MR) is 84.5 cm³/mol. The van der Waals surface area contributed by atoms with Gasteiger partial charge in [-0.3, -0.25) is 0 Å². The first kappa shape index (κ1) is 15.8. The van der Waals surface area contributed by atoms with Crippen LogP contribution in [-0.4, -0.2) is 11.6 Å². The summed E-state index contributed by atoms with van der Waals surface area (Å²) < 4.78 is 38.3. The molecule has 2 N–H and O–H groups in total. The molecule has 0 aromatic heterocycles. The summed E-state index contributed by atoms with van der Waals surface area (Å²) in [4.78, 5) is 12.4. The molecular formula is C18H21F3N2O. The Labute approximate surface area is 139 Å². The molecule has 1 aromatic rings. The summed E-state index contributed by atoms with van der Waals surface area (Å²) in [5, 5.41) is 5.71. The molecule has 0 saturated heterocycles. The highest BCUT2D eigenvalue weighted by Crippen LogP contribution is 2.57. The van der Waals surface area contributed by atoms with Crippen LogP contribution in [0.15, 0.2) is 24.3 Å². The van der Waals surface area contributed by atoms with E-state index in [-0.39, 0.29) is 17.3 Å². The highest BCUT2D eigenvalue weighted by molar-refractivity contribution is 5.90. The highest BCUT2D eigenvalue weighted by atomic mass is 19.4. The second kappa shape index (κ2) is 5.39. The van der Waals surface area contributed by atoms with Gasteiger partial charge in [-0.25, -0.2) is 4.79 Å². The molecule has 6 heteroatoms. The van der Waals surface area contributed by atoms with Gasteiger partial charge in [0.25, 0.3) is 0 Å². The van der Waals surface area contributed by atoms with Crippen molar-refractivity contribution in [2.24, 2.45) is 17.8 Å². The third-order valence-corrected chi connectivity index (χ3v) is 6.15. The van der Waals surface area contributed by atoms with Gasteiger partial charge in [0.1, 0.15) is 0 Å². The molecule has 3 nitrogen and oxygen atoms in total. The summed E-state index contributed by atoms with van der Waals surface area (Å²) in [6.45, 7) is 0. The molecule has 3 fully saturated rings. The average molecular weight is 338 g/mol. The van der Waals surface area contributed by atoms with Gasteiger partial charge in [0.05, 0.1) is 5.56 Å². The van der Waals surface area contributed by atoms with Crippen molar-refractivity contribution >= 4 is 11.7 Å². The number of hydrogen-bond acceptors (Lipinski definition) is 1. The van der Waals surface area contributed by atoms with E-state index in [1.54, 1.807) is 0 Å². The number of benzene rings is 1. The fourth-order valence-corrected chi connectivity index (χ4v) is 5.25. The normalized spacial score (nSPS) is 34.2. The zero-order chi connectivity index (χ0) is 16.9. The molecule has 24 heavy (non-hydrogen) atoms. The third-order valence-electron chi connectivity index (χ3n) is 6.15. The van der Waals surface area contributed by atoms with Crippen molar-refractivity contribution in [3.05, 3.63) is 29.8 Å². The maximum atomic E-state index is 12.8. The van der Waals surface area contributed by atoms with E-state index in [0.29, 0.717) is 11.8 Å². The summed E-state index contributed by atoms with van der Waals surface area (Å²) in [5.41, 5.74) is -0.729. The number of hydrogen-bond donors (Lipinski definition) is 2. The predicted octanol–water partition coefficient (Wildman–Crippen LogP) is 4.80. The van der Waals surface area contributed by atoms with E-state index < -0.39 is 11.7 Å². The maximum absolute atomic E-state index is 12.8. The number of urea groups is 1. The second-order valence-electron chi connectivity index (χ2n) is 7.69. The molecule has 2 amide bonds. The van der Waals surface area contributed by atoms with Crippen molar-refractivity contribution in [2.75, 3.05) is 5.32 Å². The quantitative estimate of drug-likeness (QED) is 0.799. The van der Waals surface area contributed by atoms with E-state index in [1.165, 1.54) is 31.4 Å². The molecule has 3 aliphatic rings. The Morgan fingerprint density at radius 2 is 1.96 bits per heavy atom. The maximum Gasteiger partial charge on any atom is 0.416 e. The van der Waals surface area contributed by atoms with Crippen LogP contribution in [0.3, 0.4) is 0 Å². The Hall–Kier alpha value is -1.72. The minimum atomic E-state index is -4.41. The van der Waals surface area contributed by atoms with Crippen LogP contribution < -0.4 is 10.6 Å². The van der Waals surface area contributed by atoms with Crippen LogP contribution in [0.1, 0.15) is 44.1 Å². The minimum absolute atomic E-state index is 0.149. The summed E-state index contributed by atoms with van der Waals surface area (Å²) in [5.74, 6) is 2.03. The minimum Gasteiger partial charge on any atom is -0.332 e. The van der Waals surface area contributed by atoms with Crippen LogP contribution in [0.25, 0.3) is 0 Å². The van der Waals surface area contributed by atoms with E-state index >= 15 is 0 Å². The molecule has 1 aromatic carbocycles. The number of rotatable bonds is 2. The number of halogens is 3. The lowest BCUT2D eigenvalue weighted by Crippen LogP contribution is -2.54. The van der Waals surface area contributed by atoms with Gasteiger partial charge in [-0.05, 0) is 74.5 Å². The molecule has 4 rings (SSSR count). The first-order chi connectivity index (χ1) is 11.3. The molecule has 3 aliphatic carbocycles. The van der Waals surface area contributed by atoms with Gasteiger partial charge in [-0.15, -0.1) is 0 Å². The van der Waals surface area contributed by atoms with Crippen molar-refractivity contribution in [2.45, 2.75) is 50.2 Å². The van der Waals surface area contributed by atoms with Gasteiger partial charge in [0.2, 0.25) is 0 Å². The highest BCUT2D eigenvalue weighted by Gasteiger charge is 2.54. The topological polar surface area (TPSA) is 41.1 Å². The van der Waals surface area contributed by atoms with E-state index in [2.05, 4.69) is 10.6 Å². The van der Waals surface area contributed by atoms with Crippen molar-refractivity contribution in [3.8, 4) is 0 Å². The van der Waals surface area contributed by atoms with Crippen molar-refractivity contribution in [1.82, 2.24) is 5.32 Å². The van der Waals surface area contributed by atoms with Crippen LogP contribution in [0.5, 0.6) is 0 Å². The number of carbonyl (C=O) groups is 1. The molecule has 0 aliphatic heterocycles. The number of alkyl halides is 3. The first-order valence-electron chi connectivity index (χ1n) is 8.60. The molecule has 4 atom stereocenters. The Morgan fingerprint density at radius 1 is 1.17 bits per heavy atom. The number of fused-ring (bicyclic) bond motifs is 2. The zero-order valence-corrected chi connectivity index (χ0v) is 13.3. The molecule has 4 unspecified atom stereocenters. The SMILES string of the molecule is O=C(Nc1cccc(C(F)(F)F)c1)NC12CCC3CC(CC1C3)C2. The lowest BCUT2D eigenvalue weighted by Gasteiger charge is -2.43. The van der Waals surface area contributed by atoms with Crippen LogP contribution in [-0.2, 0) is 6.18 Å². The van der Waals surface area contributed by atoms with Gasteiger partial charge in [-0.2, -0.15) is 13.2 Å². The Kier molecular flexibility index (Phi) is 3.55. The van der Waals surface area contributed by atoms with Gasteiger partial charge in [0, 0.05) is 11.2 Å². The van der Waals surface area contributed by atoms with E-state index in [9.17, 15) is 18.0 Å². The average Bonchev–Trinajstić information content (AvgIpc) is 2.66. The van der Waals surface area contributed by atoms with Crippen molar-refractivity contribution in [1.29, 1.82) is 0 Å². The molecule has 3 bridgehead atoms. The van der Waals surface area contributed by atoms with Gasteiger partial charge in [-0.1, -0.05) is 6.07 Å². The fourth-order valence-electron chi connectivity index (χ4n) is 5.25. The standard InChI is InChI=1S/C18H21F3N2O/c19-18(20,21)13-2-1-3-15(9-13)22-16(24)23-17-5-4-11-6-12(10-17)8-14(17)7-11/h1-3,9,11-12,14H,4-8,10H2,(H2,22,23,24). The Bertz CT molecular complexity index is 660. The van der Waals surface area contributed by atoms with Crippen LogP contribution in [0.4, 0.5) is 23.7 Å². The summed E-state index contributed by atoms with van der Waals surface area (Å²) in [6, 6.07) is 4.38. The van der Waals surface area contributed by atoms with Crippen molar-refractivity contribution in [3.63, 3.8) is 0 Å². The number of nitrogens with one attached hydrogen (secondary N) is 2. The van der Waals surface area contributed by atoms with E-state index in [1.807, 2.05) is 0 Å². The largest absolute Gasteiger partial charge is 0.416 e. The third kappa shape index (κ3) is 2.76. The fraction of sp³-hybridized carbons (Fsp3) is 0.611. The number of carbonyl (C=O) groups excluding carboxylic acids is 1. The van der Waals surface area contributed by atoms with Crippen LogP contribution in [0.2, 0.25) is 0 Å². The molecule has 0 radical (unpaired) electrons. The molecule has 3 saturated carbocycles. The zero-order valence-electron chi connectivity index (χ0n) is 13.3. The molecule has 0 spiro atoms. The number of amides is 2.